The van der Waals surface area contributed by atoms with Gasteiger partial charge in [0.25, 0.3) is 5.91 Å². The van der Waals surface area contributed by atoms with E-state index in [0.29, 0.717) is 5.56 Å². The number of fused-ring (bicyclic) bond motifs is 1. The van der Waals surface area contributed by atoms with Crippen LogP contribution in [0.3, 0.4) is 0 Å². The number of hydrogen-bond acceptors (Lipinski definition) is 3. The van der Waals surface area contributed by atoms with Crippen molar-refractivity contribution in [1.82, 2.24) is 15.1 Å². The number of carbonyl (C=O) groups is 2. The van der Waals surface area contributed by atoms with Crippen LogP contribution in [0.4, 0.5) is 5.82 Å². The van der Waals surface area contributed by atoms with Crippen molar-refractivity contribution in [1.29, 1.82) is 0 Å². The third kappa shape index (κ3) is 3.22. The maximum Gasteiger partial charge on any atom is 0.251 e. The second-order valence-corrected chi connectivity index (χ2v) is 5.77. The summed E-state index contributed by atoms with van der Waals surface area (Å²) in [6.45, 7) is 0. The molecule has 0 aliphatic heterocycles. The van der Waals surface area contributed by atoms with Gasteiger partial charge in [0.2, 0.25) is 5.91 Å². The average Bonchev–Trinajstić information content (AvgIpc) is 3.15. The van der Waals surface area contributed by atoms with Crippen molar-refractivity contribution in [2.75, 3.05) is 12.4 Å². The lowest BCUT2D eigenvalue weighted by molar-refractivity contribution is -0.111. The van der Waals surface area contributed by atoms with Crippen molar-refractivity contribution in [2.45, 2.75) is 19.3 Å². The summed E-state index contributed by atoms with van der Waals surface area (Å²) in [6, 6.07) is 7.06. The molecule has 1 aromatic carbocycles. The molecule has 0 saturated carbocycles. The van der Waals surface area contributed by atoms with E-state index in [4.69, 9.17) is 0 Å². The molecule has 0 radical (unpaired) electrons. The molecule has 2 aromatic rings. The molecule has 0 unspecified atom stereocenters. The molecule has 0 spiro atoms. The van der Waals surface area contributed by atoms with Crippen LogP contribution in [0.1, 0.15) is 33.6 Å². The van der Waals surface area contributed by atoms with E-state index >= 15 is 0 Å². The highest BCUT2D eigenvalue weighted by atomic mass is 16.2. The molecule has 6 heteroatoms. The van der Waals surface area contributed by atoms with Crippen LogP contribution in [0.15, 0.2) is 30.3 Å². The number of aryl methyl sites for hydroxylation is 2. The highest BCUT2D eigenvalue weighted by Crippen LogP contribution is 2.27. The Morgan fingerprint density at radius 3 is 2.67 bits per heavy atom. The van der Waals surface area contributed by atoms with Crippen LogP contribution in [-0.2, 0) is 24.7 Å². The fourth-order valence-corrected chi connectivity index (χ4v) is 2.90. The quantitative estimate of drug-likeness (QED) is 0.844. The summed E-state index contributed by atoms with van der Waals surface area (Å²) in [5.74, 6) is 0.462. The van der Waals surface area contributed by atoms with Crippen molar-refractivity contribution < 1.29 is 9.59 Å². The van der Waals surface area contributed by atoms with Gasteiger partial charge in [-0.25, -0.2) is 0 Å². The molecule has 2 amide bonds. The van der Waals surface area contributed by atoms with E-state index in [1.54, 1.807) is 42.1 Å². The standard InChI is InChI=1S/C18H20N4O2/c1-19-18(24)13-9-6-12(7-10-13)8-11-16(23)20-17-14-4-3-5-15(14)21-22(17)2/h6-11H,3-5H2,1-2H3,(H,19,24)(H,20,23). The molecule has 1 aliphatic carbocycles. The largest absolute Gasteiger partial charge is 0.355 e. The van der Waals surface area contributed by atoms with E-state index in [0.717, 1.165) is 41.9 Å². The van der Waals surface area contributed by atoms with Crippen molar-refractivity contribution >= 4 is 23.7 Å². The number of aromatic nitrogens is 2. The predicted molar refractivity (Wildman–Crippen MR) is 92.7 cm³/mol. The normalized spacial score (nSPS) is 13.1. The number of anilines is 1. The lowest BCUT2D eigenvalue weighted by Gasteiger charge is -2.05. The third-order valence-corrected chi connectivity index (χ3v) is 4.14. The van der Waals surface area contributed by atoms with Crippen molar-refractivity contribution in [3.63, 3.8) is 0 Å². The van der Waals surface area contributed by atoms with Crippen LogP contribution in [0, 0.1) is 0 Å². The zero-order valence-corrected chi connectivity index (χ0v) is 13.8. The summed E-state index contributed by atoms with van der Waals surface area (Å²) in [5, 5.41) is 9.92. The fraction of sp³-hybridized carbons (Fsp3) is 0.278. The van der Waals surface area contributed by atoms with Crippen LogP contribution in [0.25, 0.3) is 6.08 Å². The lowest BCUT2D eigenvalue weighted by Crippen LogP contribution is -2.17. The Balaban J connectivity index is 1.67. The van der Waals surface area contributed by atoms with Crippen LogP contribution >= 0.6 is 0 Å². The van der Waals surface area contributed by atoms with E-state index in [9.17, 15) is 9.59 Å². The Bertz CT molecular complexity index is 803. The Hall–Kier alpha value is -2.89. The summed E-state index contributed by atoms with van der Waals surface area (Å²) < 4.78 is 1.73. The van der Waals surface area contributed by atoms with Crippen LogP contribution in [-0.4, -0.2) is 28.6 Å². The minimum Gasteiger partial charge on any atom is -0.355 e. The smallest absolute Gasteiger partial charge is 0.251 e. The topological polar surface area (TPSA) is 76.0 Å². The molecule has 0 atom stereocenters. The Labute approximate surface area is 140 Å². The molecule has 6 nitrogen and oxygen atoms in total. The van der Waals surface area contributed by atoms with E-state index in [2.05, 4.69) is 15.7 Å². The average molecular weight is 324 g/mol. The number of hydrogen-bond donors (Lipinski definition) is 2. The van der Waals surface area contributed by atoms with Gasteiger partial charge < -0.3 is 10.6 Å². The van der Waals surface area contributed by atoms with E-state index in [1.807, 2.05) is 7.05 Å². The number of carbonyl (C=O) groups excluding carboxylic acids is 2. The SMILES string of the molecule is CNC(=O)c1ccc(C=CC(=O)Nc2c3c(nn2C)CCC3)cc1. The maximum atomic E-state index is 12.2. The molecule has 1 heterocycles. The van der Waals surface area contributed by atoms with E-state index < -0.39 is 0 Å². The molecule has 2 N–H and O–H groups in total. The van der Waals surface area contributed by atoms with Gasteiger partial charge in [-0.2, -0.15) is 5.10 Å². The Kier molecular flexibility index (Phi) is 4.46. The highest BCUT2D eigenvalue weighted by Gasteiger charge is 2.21. The van der Waals surface area contributed by atoms with Gasteiger partial charge in [0.05, 0.1) is 5.69 Å². The number of nitrogens with one attached hydrogen (secondary N) is 2. The molecule has 3 rings (SSSR count). The molecule has 1 aliphatic rings. The van der Waals surface area contributed by atoms with Gasteiger partial charge in [0.1, 0.15) is 5.82 Å². The minimum absolute atomic E-state index is 0.131. The number of amides is 2. The highest BCUT2D eigenvalue weighted by molar-refractivity contribution is 6.02. The monoisotopic (exact) mass is 324 g/mol. The number of benzene rings is 1. The second-order valence-electron chi connectivity index (χ2n) is 5.77. The molecule has 24 heavy (non-hydrogen) atoms. The van der Waals surface area contributed by atoms with Gasteiger partial charge in [-0.1, -0.05) is 12.1 Å². The van der Waals surface area contributed by atoms with Crippen LogP contribution in [0.5, 0.6) is 0 Å². The molecular weight excluding hydrogens is 304 g/mol. The first kappa shape index (κ1) is 16.0. The first-order valence-electron chi connectivity index (χ1n) is 7.94. The van der Waals surface area contributed by atoms with Crippen molar-refractivity contribution in [3.8, 4) is 0 Å². The van der Waals surface area contributed by atoms with Gasteiger partial charge in [-0.15, -0.1) is 0 Å². The summed E-state index contributed by atoms with van der Waals surface area (Å²) >= 11 is 0. The zero-order chi connectivity index (χ0) is 17.1. The predicted octanol–water partition coefficient (Wildman–Crippen LogP) is 1.92. The molecule has 1 aromatic heterocycles. The van der Waals surface area contributed by atoms with Gasteiger partial charge >= 0.3 is 0 Å². The number of nitrogens with zero attached hydrogens (tertiary/aromatic N) is 2. The summed E-state index contributed by atoms with van der Waals surface area (Å²) in [5.41, 5.74) is 3.67. The summed E-state index contributed by atoms with van der Waals surface area (Å²) in [7, 11) is 3.44. The van der Waals surface area contributed by atoms with Gasteiger partial charge in [-0.3, -0.25) is 14.3 Å². The van der Waals surface area contributed by atoms with Crippen molar-refractivity contribution in [3.05, 3.63) is 52.7 Å². The summed E-state index contributed by atoms with van der Waals surface area (Å²) in [6.07, 6.45) is 6.24. The van der Waals surface area contributed by atoms with Gasteiger partial charge in [-0.05, 0) is 43.0 Å². The number of rotatable bonds is 4. The van der Waals surface area contributed by atoms with Crippen LogP contribution in [0.2, 0.25) is 0 Å². The molecule has 124 valence electrons. The molecule has 0 bridgehead atoms. The van der Waals surface area contributed by atoms with Gasteiger partial charge in [0.15, 0.2) is 0 Å². The Morgan fingerprint density at radius 2 is 1.96 bits per heavy atom. The minimum atomic E-state index is -0.192. The fourth-order valence-electron chi connectivity index (χ4n) is 2.90. The van der Waals surface area contributed by atoms with Crippen molar-refractivity contribution in [2.24, 2.45) is 7.05 Å². The third-order valence-electron chi connectivity index (χ3n) is 4.14. The Morgan fingerprint density at radius 1 is 1.21 bits per heavy atom. The molecule has 0 saturated heterocycles. The maximum absolute atomic E-state index is 12.2. The van der Waals surface area contributed by atoms with E-state index in [-0.39, 0.29) is 11.8 Å². The van der Waals surface area contributed by atoms with Crippen LogP contribution < -0.4 is 10.6 Å². The van der Waals surface area contributed by atoms with E-state index in [1.165, 1.54) is 6.08 Å². The van der Waals surface area contributed by atoms with Gasteiger partial charge in [0, 0.05) is 31.3 Å². The summed E-state index contributed by atoms with van der Waals surface area (Å²) in [4.78, 5) is 23.6. The second kappa shape index (κ2) is 6.70. The first-order valence-corrected chi connectivity index (χ1v) is 7.94. The molecular formula is C18H20N4O2. The lowest BCUT2D eigenvalue weighted by atomic mass is 10.1. The first-order chi connectivity index (χ1) is 11.6. The molecule has 0 fully saturated rings. The zero-order valence-electron chi connectivity index (χ0n) is 13.8.